The van der Waals surface area contributed by atoms with Crippen LogP contribution >= 0.6 is 0 Å². The van der Waals surface area contributed by atoms with Crippen molar-refractivity contribution in [3.8, 4) is 0 Å². The lowest BCUT2D eigenvalue weighted by molar-refractivity contribution is 0.0259. The fourth-order valence-electron chi connectivity index (χ4n) is 3.50. The van der Waals surface area contributed by atoms with Crippen LogP contribution in [0.25, 0.3) is 0 Å². The molecule has 0 heterocycles. The van der Waals surface area contributed by atoms with Crippen molar-refractivity contribution in [3.05, 3.63) is 0 Å². The molecule has 0 unspecified atom stereocenters. The first-order valence-corrected chi connectivity index (χ1v) is 12.8. The molecule has 3 atom stereocenters. The van der Waals surface area contributed by atoms with Crippen LogP contribution in [-0.2, 0) is 4.43 Å². The highest BCUT2D eigenvalue weighted by molar-refractivity contribution is 6.74. The zero-order valence-electron chi connectivity index (χ0n) is 17.0. The Morgan fingerprint density at radius 1 is 1.13 bits per heavy atom. The molecule has 0 saturated heterocycles. The number of hydrogen-bond donors (Lipinski definition) is 1. The second kappa shape index (κ2) is 8.01. The van der Waals surface area contributed by atoms with E-state index < -0.39 is 8.32 Å². The molecular weight excluding hydrogens is 300 g/mol. The van der Waals surface area contributed by atoms with Crippen LogP contribution in [-0.4, -0.2) is 25.6 Å². The van der Waals surface area contributed by atoms with Crippen LogP contribution in [0.1, 0.15) is 86.5 Å². The minimum Gasteiger partial charge on any atom is -0.413 e. The number of rotatable bonds is 10. The fourth-order valence-corrected chi connectivity index (χ4v) is 4.87. The fraction of sp³-hybridized carbons (Fsp3) is 1.00. The van der Waals surface area contributed by atoms with Crippen molar-refractivity contribution in [1.82, 2.24) is 0 Å². The van der Waals surface area contributed by atoms with Crippen LogP contribution < -0.4 is 0 Å². The Balaban J connectivity index is 2.59. The molecule has 138 valence electrons. The minimum absolute atomic E-state index is 0.0142. The minimum atomic E-state index is -1.75. The molecule has 0 amide bonds. The summed E-state index contributed by atoms with van der Waals surface area (Å²) in [5.41, 5.74) is 0.0142. The van der Waals surface area contributed by atoms with E-state index in [1.807, 2.05) is 0 Å². The topological polar surface area (TPSA) is 29.5 Å². The lowest BCUT2D eigenvalue weighted by atomic mass is 9.83. The molecule has 0 aliphatic heterocycles. The van der Waals surface area contributed by atoms with Gasteiger partial charge in [-0.15, -0.1) is 0 Å². The van der Waals surface area contributed by atoms with Gasteiger partial charge in [-0.3, -0.25) is 0 Å². The molecule has 1 aliphatic carbocycles. The predicted molar refractivity (Wildman–Crippen MR) is 103 cm³/mol. The molecule has 1 N–H and O–H groups in total. The van der Waals surface area contributed by atoms with Crippen molar-refractivity contribution in [1.29, 1.82) is 0 Å². The van der Waals surface area contributed by atoms with Gasteiger partial charge in [-0.2, -0.15) is 0 Å². The number of hydrogen-bond acceptors (Lipinski definition) is 2. The monoisotopic (exact) mass is 342 g/mol. The Hall–Kier alpha value is 0.137. The third-order valence-corrected chi connectivity index (χ3v) is 11.0. The smallest absolute Gasteiger partial charge is 0.192 e. The normalized spacial score (nSPS) is 26.6. The first-order chi connectivity index (χ1) is 10.5. The molecule has 1 aliphatic rings. The van der Waals surface area contributed by atoms with E-state index in [0.717, 1.165) is 19.3 Å². The summed E-state index contributed by atoms with van der Waals surface area (Å²) in [6.45, 7) is 18.3. The molecular formula is C20H42O2Si. The number of aliphatic hydroxyl groups excluding tert-OH is 1. The maximum atomic E-state index is 10.9. The van der Waals surface area contributed by atoms with Crippen LogP contribution in [0, 0.1) is 11.3 Å². The third-order valence-electron chi connectivity index (χ3n) is 6.50. The summed E-state index contributed by atoms with van der Waals surface area (Å²) in [5.74, 6) is 0.489. The van der Waals surface area contributed by atoms with E-state index in [4.69, 9.17) is 4.43 Å². The van der Waals surface area contributed by atoms with Crippen LogP contribution in [0.2, 0.25) is 18.1 Å². The Morgan fingerprint density at radius 3 is 2.17 bits per heavy atom. The number of unbranched alkanes of at least 4 members (excludes halogenated alkanes) is 4. The van der Waals surface area contributed by atoms with Crippen molar-refractivity contribution in [2.24, 2.45) is 11.3 Å². The van der Waals surface area contributed by atoms with Gasteiger partial charge in [0.25, 0.3) is 0 Å². The molecule has 1 saturated carbocycles. The maximum Gasteiger partial charge on any atom is 0.192 e. The summed E-state index contributed by atoms with van der Waals surface area (Å²) in [7, 11) is -1.75. The van der Waals surface area contributed by atoms with Gasteiger partial charge < -0.3 is 9.53 Å². The van der Waals surface area contributed by atoms with E-state index in [9.17, 15) is 5.11 Å². The molecule has 0 bridgehead atoms. The Bertz CT molecular complexity index is 359. The van der Waals surface area contributed by atoms with Crippen molar-refractivity contribution in [2.75, 3.05) is 0 Å². The van der Waals surface area contributed by atoms with E-state index in [-0.39, 0.29) is 22.7 Å². The van der Waals surface area contributed by atoms with E-state index in [1.54, 1.807) is 0 Å². The number of aliphatic hydroxyl groups is 1. The van der Waals surface area contributed by atoms with Gasteiger partial charge in [-0.1, -0.05) is 73.6 Å². The first-order valence-electron chi connectivity index (χ1n) is 9.85. The Kier molecular flexibility index (Phi) is 7.38. The van der Waals surface area contributed by atoms with Crippen LogP contribution in [0.3, 0.4) is 0 Å². The van der Waals surface area contributed by atoms with Gasteiger partial charge in [-0.25, -0.2) is 0 Å². The summed E-state index contributed by atoms with van der Waals surface area (Å²) < 4.78 is 6.64. The molecule has 0 aromatic rings. The largest absolute Gasteiger partial charge is 0.413 e. The van der Waals surface area contributed by atoms with E-state index in [1.165, 1.54) is 25.7 Å². The summed E-state index contributed by atoms with van der Waals surface area (Å²) >= 11 is 0. The summed E-state index contributed by atoms with van der Waals surface area (Å²) in [5, 5.41) is 11.1. The highest BCUT2D eigenvalue weighted by Crippen LogP contribution is 2.59. The molecule has 0 aromatic carbocycles. The lowest BCUT2D eigenvalue weighted by Crippen LogP contribution is -2.43. The molecule has 2 nitrogen and oxygen atoms in total. The molecule has 23 heavy (non-hydrogen) atoms. The molecule has 3 heteroatoms. The summed E-state index contributed by atoms with van der Waals surface area (Å²) in [6.07, 6.45) is 8.39. The molecule has 0 aromatic heterocycles. The SMILES string of the molecule is CCCCCCC[C@@H](O)[C@@]1(C(C)C)C[C@H]1O[Si](C)(C)C(C)(C)C. The highest BCUT2D eigenvalue weighted by atomic mass is 28.4. The van der Waals surface area contributed by atoms with Gasteiger partial charge in [0.1, 0.15) is 0 Å². The van der Waals surface area contributed by atoms with E-state index >= 15 is 0 Å². The quantitative estimate of drug-likeness (QED) is 0.381. The van der Waals surface area contributed by atoms with Gasteiger partial charge in [0.2, 0.25) is 0 Å². The maximum absolute atomic E-state index is 10.9. The first kappa shape index (κ1) is 21.2. The molecule has 0 spiro atoms. The van der Waals surface area contributed by atoms with Gasteiger partial charge in [-0.05, 0) is 36.9 Å². The van der Waals surface area contributed by atoms with Crippen LogP contribution in [0.4, 0.5) is 0 Å². The summed E-state index contributed by atoms with van der Waals surface area (Å²) in [6, 6.07) is 0. The van der Waals surface area contributed by atoms with E-state index in [0.29, 0.717) is 5.92 Å². The van der Waals surface area contributed by atoms with Crippen molar-refractivity contribution in [3.63, 3.8) is 0 Å². The van der Waals surface area contributed by atoms with Crippen molar-refractivity contribution < 1.29 is 9.53 Å². The van der Waals surface area contributed by atoms with Crippen LogP contribution in [0.5, 0.6) is 0 Å². The summed E-state index contributed by atoms with van der Waals surface area (Å²) in [4.78, 5) is 0. The van der Waals surface area contributed by atoms with Crippen molar-refractivity contribution >= 4 is 8.32 Å². The highest BCUT2D eigenvalue weighted by Gasteiger charge is 2.63. The molecule has 0 radical (unpaired) electrons. The Morgan fingerprint density at radius 2 is 1.70 bits per heavy atom. The predicted octanol–water partition coefficient (Wildman–Crippen LogP) is 6.14. The van der Waals surface area contributed by atoms with E-state index in [2.05, 4.69) is 54.6 Å². The van der Waals surface area contributed by atoms with Crippen molar-refractivity contribution in [2.45, 2.75) is 117 Å². The zero-order valence-corrected chi connectivity index (χ0v) is 18.0. The standard InChI is InChI=1S/C20H42O2Si/c1-9-10-11-12-13-14-17(21)20(16(2)3)15-18(20)22-23(7,8)19(4,5)6/h16-18,21H,9-15H2,1-8H3/t17-,18-,20+/m1/s1. The van der Waals surface area contributed by atoms with Gasteiger partial charge in [0, 0.05) is 5.41 Å². The van der Waals surface area contributed by atoms with Gasteiger partial charge in [0.05, 0.1) is 12.2 Å². The average Bonchev–Trinajstić information content (AvgIpc) is 3.11. The third kappa shape index (κ3) is 5.06. The molecule has 1 rings (SSSR count). The Labute approximate surface area is 146 Å². The van der Waals surface area contributed by atoms with Gasteiger partial charge in [0.15, 0.2) is 8.32 Å². The zero-order chi connectivity index (χ0) is 17.9. The second-order valence-corrected chi connectivity index (χ2v) is 14.3. The van der Waals surface area contributed by atoms with Gasteiger partial charge >= 0.3 is 0 Å². The second-order valence-electron chi connectivity index (χ2n) is 9.56. The lowest BCUT2D eigenvalue weighted by Gasteiger charge is -2.38. The average molecular weight is 343 g/mol. The molecule has 1 fully saturated rings. The van der Waals surface area contributed by atoms with Crippen LogP contribution in [0.15, 0.2) is 0 Å².